The number of hydrogen-bond acceptors (Lipinski definition) is 5. The summed E-state index contributed by atoms with van der Waals surface area (Å²) in [5.74, 6) is 0.289. The zero-order valence-corrected chi connectivity index (χ0v) is 18.1. The SMILES string of the molecule is O=C(Nc1cccc(OCC(=O)N2CCCC2)c1)c1csc(CCc2ccccc2)n1. The number of aromatic nitrogens is 1. The maximum atomic E-state index is 12.6. The van der Waals surface area contributed by atoms with Crippen LogP contribution in [-0.2, 0) is 17.6 Å². The number of nitrogens with one attached hydrogen (secondary N) is 1. The molecule has 0 aliphatic carbocycles. The minimum atomic E-state index is -0.257. The Morgan fingerprint density at radius 2 is 1.84 bits per heavy atom. The summed E-state index contributed by atoms with van der Waals surface area (Å²) in [6, 6.07) is 17.3. The smallest absolute Gasteiger partial charge is 0.275 e. The van der Waals surface area contributed by atoms with Crippen molar-refractivity contribution in [2.75, 3.05) is 25.0 Å². The molecule has 7 heteroatoms. The number of aryl methyl sites for hydroxylation is 2. The molecule has 1 aliphatic heterocycles. The summed E-state index contributed by atoms with van der Waals surface area (Å²) < 4.78 is 5.63. The summed E-state index contributed by atoms with van der Waals surface area (Å²) in [6.45, 7) is 1.62. The van der Waals surface area contributed by atoms with E-state index >= 15 is 0 Å². The quantitative estimate of drug-likeness (QED) is 0.576. The molecular formula is C24H25N3O3S. The number of carbonyl (C=O) groups excluding carboxylic acids is 2. The van der Waals surface area contributed by atoms with Crippen molar-refractivity contribution in [2.24, 2.45) is 0 Å². The molecule has 0 spiro atoms. The lowest BCUT2D eigenvalue weighted by Gasteiger charge is -2.15. The van der Waals surface area contributed by atoms with Crippen molar-refractivity contribution in [3.8, 4) is 5.75 Å². The normalized spacial score (nSPS) is 13.2. The Morgan fingerprint density at radius 3 is 2.65 bits per heavy atom. The van der Waals surface area contributed by atoms with Crippen molar-refractivity contribution < 1.29 is 14.3 Å². The van der Waals surface area contributed by atoms with Crippen LogP contribution in [0, 0.1) is 0 Å². The number of amides is 2. The number of benzene rings is 2. The Bertz CT molecular complexity index is 1030. The van der Waals surface area contributed by atoms with Crippen LogP contribution in [0.25, 0.3) is 0 Å². The van der Waals surface area contributed by atoms with Gasteiger partial charge in [-0.1, -0.05) is 36.4 Å². The fourth-order valence-corrected chi connectivity index (χ4v) is 4.27. The molecule has 0 unspecified atom stereocenters. The van der Waals surface area contributed by atoms with E-state index < -0.39 is 0 Å². The first-order chi connectivity index (χ1) is 15.2. The van der Waals surface area contributed by atoms with Gasteiger partial charge in [0.25, 0.3) is 11.8 Å². The van der Waals surface area contributed by atoms with Gasteiger partial charge in [0.05, 0.1) is 5.01 Å². The van der Waals surface area contributed by atoms with Crippen molar-refractivity contribution in [3.05, 3.63) is 76.2 Å². The number of rotatable bonds is 8. The summed E-state index contributed by atoms with van der Waals surface area (Å²) in [6.07, 6.45) is 3.80. The third kappa shape index (κ3) is 5.92. The fourth-order valence-electron chi connectivity index (χ4n) is 3.49. The largest absolute Gasteiger partial charge is 0.484 e. The summed E-state index contributed by atoms with van der Waals surface area (Å²) in [5, 5.41) is 5.58. The van der Waals surface area contributed by atoms with Crippen LogP contribution in [0.5, 0.6) is 5.75 Å². The first-order valence-corrected chi connectivity index (χ1v) is 11.4. The van der Waals surface area contributed by atoms with E-state index in [1.807, 2.05) is 23.1 Å². The molecule has 1 saturated heterocycles. The second-order valence-electron chi connectivity index (χ2n) is 7.47. The molecule has 2 heterocycles. The minimum absolute atomic E-state index is 0.00237. The third-order valence-electron chi connectivity index (χ3n) is 5.17. The Morgan fingerprint density at radius 1 is 1.03 bits per heavy atom. The number of likely N-dealkylation sites (tertiary alicyclic amines) is 1. The molecule has 1 aromatic heterocycles. The Balaban J connectivity index is 1.29. The van der Waals surface area contributed by atoms with Crippen LogP contribution in [0.3, 0.4) is 0 Å². The van der Waals surface area contributed by atoms with Crippen LogP contribution in [0.15, 0.2) is 60.0 Å². The number of thiazole rings is 1. The molecule has 1 fully saturated rings. The average molecular weight is 436 g/mol. The number of nitrogens with zero attached hydrogens (tertiary/aromatic N) is 2. The number of anilines is 1. The molecule has 3 aromatic rings. The summed E-state index contributed by atoms with van der Waals surface area (Å²) in [5.41, 5.74) is 2.27. The van der Waals surface area contributed by atoms with Gasteiger partial charge < -0.3 is 15.0 Å². The van der Waals surface area contributed by atoms with E-state index in [-0.39, 0.29) is 18.4 Å². The minimum Gasteiger partial charge on any atom is -0.484 e. The zero-order chi connectivity index (χ0) is 21.5. The van der Waals surface area contributed by atoms with Crippen LogP contribution < -0.4 is 10.1 Å². The molecule has 4 rings (SSSR count). The monoisotopic (exact) mass is 435 g/mol. The van der Waals surface area contributed by atoms with E-state index in [9.17, 15) is 9.59 Å². The van der Waals surface area contributed by atoms with Crippen LogP contribution in [0.4, 0.5) is 5.69 Å². The maximum Gasteiger partial charge on any atom is 0.275 e. The molecule has 0 saturated carbocycles. The third-order valence-corrected chi connectivity index (χ3v) is 6.08. The topological polar surface area (TPSA) is 71.5 Å². The number of hydrogen-bond donors (Lipinski definition) is 1. The highest BCUT2D eigenvalue weighted by Gasteiger charge is 2.18. The van der Waals surface area contributed by atoms with E-state index in [0.29, 0.717) is 17.1 Å². The van der Waals surface area contributed by atoms with Crippen LogP contribution in [-0.4, -0.2) is 41.4 Å². The molecule has 31 heavy (non-hydrogen) atoms. The molecule has 0 radical (unpaired) electrons. The highest BCUT2D eigenvalue weighted by atomic mass is 32.1. The van der Waals surface area contributed by atoms with Gasteiger partial charge in [-0.2, -0.15) is 0 Å². The maximum absolute atomic E-state index is 12.6. The molecule has 6 nitrogen and oxygen atoms in total. The van der Waals surface area contributed by atoms with Crippen molar-refractivity contribution >= 4 is 28.8 Å². The van der Waals surface area contributed by atoms with E-state index in [4.69, 9.17) is 4.74 Å². The van der Waals surface area contributed by atoms with E-state index in [1.54, 1.807) is 29.6 Å². The number of carbonyl (C=O) groups is 2. The van der Waals surface area contributed by atoms with Crippen molar-refractivity contribution in [3.63, 3.8) is 0 Å². The first kappa shape index (κ1) is 21.1. The van der Waals surface area contributed by atoms with Crippen LogP contribution in [0.2, 0.25) is 0 Å². The van der Waals surface area contributed by atoms with Gasteiger partial charge in [-0.25, -0.2) is 4.98 Å². The molecule has 1 N–H and O–H groups in total. The van der Waals surface area contributed by atoms with E-state index in [1.165, 1.54) is 16.9 Å². The summed E-state index contributed by atoms with van der Waals surface area (Å²) in [4.78, 5) is 31.0. The highest BCUT2D eigenvalue weighted by Crippen LogP contribution is 2.20. The van der Waals surface area contributed by atoms with Gasteiger partial charge in [-0.05, 0) is 37.0 Å². The van der Waals surface area contributed by atoms with Crippen molar-refractivity contribution in [1.82, 2.24) is 9.88 Å². The molecule has 160 valence electrons. The highest BCUT2D eigenvalue weighted by molar-refractivity contribution is 7.09. The standard InChI is InChI=1S/C24H25N3O3S/c28-23(27-13-4-5-14-27)16-30-20-10-6-9-19(15-20)25-24(29)21-17-31-22(26-21)12-11-18-7-2-1-3-8-18/h1-3,6-10,15,17H,4-5,11-14,16H2,(H,25,29). The predicted molar refractivity (Wildman–Crippen MR) is 122 cm³/mol. The predicted octanol–water partition coefficient (Wildman–Crippen LogP) is 4.18. The molecule has 0 atom stereocenters. The Hall–Kier alpha value is -3.19. The van der Waals surface area contributed by atoms with Crippen LogP contribution in [0.1, 0.15) is 33.9 Å². The first-order valence-electron chi connectivity index (χ1n) is 10.5. The van der Waals surface area contributed by atoms with Crippen molar-refractivity contribution in [1.29, 1.82) is 0 Å². The van der Waals surface area contributed by atoms with Gasteiger partial charge in [0.15, 0.2) is 6.61 Å². The van der Waals surface area contributed by atoms with E-state index in [0.717, 1.165) is 43.8 Å². The van der Waals surface area contributed by atoms with Gasteiger partial charge in [-0.3, -0.25) is 9.59 Å². The lowest BCUT2D eigenvalue weighted by molar-refractivity contribution is -0.132. The average Bonchev–Trinajstić information content (AvgIpc) is 3.49. The lowest BCUT2D eigenvalue weighted by Crippen LogP contribution is -2.32. The van der Waals surface area contributed by atoms with Crippen molar-refractivity contribution in [2.45, 2.75) is 25.7 Å². The van der Waals surface area contributed by atoms with Gasteiger partial charge >= 0.3 is 0 Å². The Kier molecular flexibility index (Phi) is 6.94. The Labute approximate surface area is 185 Å². The molecule has 0 bridgehead atoms. The van der Waals surface area contributed by atoms with E-state index in [2.05, 4.69) is 22.4 Å². The molecule has 2 amide bonds. The molecular weight excluding hydrogens is 410 g/mol. The summed E-state index contributed by atoms with van der Waals surface area (Å²) in [7, 11) is 0. The second-order valence-corrected chi connectivity index (χ2v) is 8.41. The van der Waals surface area contributed by atoms with Gasteiger partial charge in [0.2, 0.25) is 0 Å². The zero-order valence-electron chi connectivity index (χ0n) is 17.3. The molecule has 1 aliphatic rings. The van der Waals surface area contributed by atoms with Gasteiger partial charge in [0.1, 0.15) is 11.4 Å². The summed E-state index contributed by atoms with van der Waals surface area (Å²) >= 11 is 1.50. The van der Waals surface area contributed by atoms with Gasteiger partial charge in [0, 0.05) is 36.6 Å². The van der Waals surface area contributed by atoms with Gasteiger partial charge in [-0.15, -0.1) is 11.3 Å². The number of ether oxygens (including phenoxy) is 1. The lowest BCUT2D eigenvalue weighted by atomic mass is 10.1. The second kappa shape index (κ2) is 10.2. The van der Waals surface area contributed by atoms with Crippen LogP contribution >= 0.6 is 11.3 Å². The fraction of sp³-hybridized carbons (Fsp3) is 0.292. The molecule has 2 aromatic carbocycles.